The molecule has 3 heteroatoms. The van der Waals surface area contributed by atoms with E-state index < -0.39 is 0 Å². The van der Waals surface area contributed by atoms with Gasteiger partial charge in [-0.3, -0.25) is 0 Å². The molecule has 0 N–H and O–H groups in total. The Morgan fingerprint density at radius 3 is 2.14 bits per heavy atom. The van der Waals surface area contributed by atoms with Crippen LogP contribution < -0.4 is 4.74 Å². The largest absolute Gasteiger partial charge is 0.487 e. The molecule has 1 aliphatic rings. The van der Waals surface area contributed by atoms with Crippen LogP contribution in [-0.2, 0) is 4.74 Å². The summed E-state index contributed by atoms with van der Waals surface area (Å²) in [6, 6.07) is 6.46. The molecule has 3 atom stereocenters. The maximum Gasteiger partial charge on any atom is 0.128 e. The van der Waals surface area contributed by atoms with Gasteiger partial charge in [0.05, 0.1) is 5.38 Å². The maximum atomic E-state index is 6.36. The number of para-hydroxylation sites is 1. The van der Waals surface area contributed by atoms with Gasteiger partial charge in [-0.15, -0.1) is 11.6 Å². The van der Waals surface area contributed by atoms with Crippen LogP contribution in [0.3, 0.4) is 0 Å². The van der Waals surface area contributed by atoms with Crippen LogP contribution in [0.5, 0.6) is 5.75 Å². The third-order valence-electron chi connectivity index (χ3n) is 4.13. The molecule has 21 heavy (non-hydrogen) atoms. The van der Waals surface area contributed by atoms with Crippen LogP contribution in [0.1, 0.15) is 64.0 Å². The average molecular weight is 311 g/mol. The Hall–Kier alpha value is -0.730. The van der Waals surface area contributed by atoms with E-state index >= 15 is 0 Å². The van der Waals surface area contributed by atoms with Gasteiger partial charge in [0.15, 0.2) is 0 Å². The monoisotopic (exact) mass is 310 g/mol. The molecule has 0 aromatic heterocycles. The van der Waals surface area contributed by atoms with Crippen molar-refractivity contribution in [1.29, 1.82) is 0 Å². The number of benzene rings is 1. The number of halogens is 1. The smallest absolute Gasteiger partial charge is 0.128 e. The highest BCUT2D eigenvalue weighted by molar-refractivity contribution is 6.21. The minimum Gasteiger partial charge on any atom is -0.487 e. The summed E-state index contributed by atoms with van der Waals surface area (Å²) in [6.45, 7) is 11.5. The summed E-state index contributed by atoms with van der Waals surface area (Å²) >= 11 is 6.25. The first-order valence-corrected chi connectivity index (χ1v) is 8.44. The topological polar surface area (TPSA) is 18.5 Å². The zero-order valence-corrected chi connectivity index (χ0v) is 14.5. The molecule has 1 aromatic carbocycles. The lowest BCUT2D eigenvalue weighted by Crippen LogP contribution is -2.52. The minimum atomic E-state index is 0.0110. The van der Waals surface area contributed by atoms with Crippen LogP contribution >= 0.6 is 11.6 Å². The highest BCUT2D eigenvalue weighted by Crippen LogP contribution is 2.39. The lowest BCUT2D eigenvalue weighted by atomic mass is 9.89. The van der Waals surface area contributed by atoms with E-state index in [4.69, 9.17) is 21.1 Å². The number of ether oxygens (including phenoxy) is 2. The fourth-order valence-electron chi connectivity index (χ4n) is 2.82. The van der Waals surface area contributed by atoms with Gasteiger partial charge in [0.1, 0.15) is 18.0 Å². The van der Waals surface area contributed by atoms with Crippen molar-refractivity contribution in [3.63, 3.8) is 0 Å². The second kappa shape index (κ2) is 7.02. The summed E-state index contributed by atoms with van der Waals surface area (Å²) in [5, 5.41) is 0.0728. The second-order valence-electron chi connectivity index (χ2n) is 6.40. The molecule has 118 valence electrons. The van der Waals surface area contributed by atoms with Crippen molar-refractivity contribution in [1.82, 2.24) is 0 Å². The van der Waals surface area contributed by atoms with Crippen LogP contribution in [0.2, 0.25) is 0 Å². The Bertz CT molecular complexity index is 444. The average Bonchev–Trinajstić information content (AvgIpc) is 2.44. The van der Waals surface area contributed by atoms with E-state index in [1.54, 1.807) is 0 Å². The quantitative estimate of drug-likeness (QED) is 0.681. The fourth-order valence-corrected chi connectivity index (χ4v) is 3.23. The van der Waals surface area contributed by atoms with Crippen molar-refractivity contribution in [2.24, 2.45) is 0 Å². The van der Waals surface area contributed by atoms with E-state index in [0.717, 1.165) is 12.2 Å². The number of hydrogen-bond acceptors (Lipinski definition) is 2. The Kier molecular flexibility index (Phi) is 5.56. The molecule has 0 radical (unpaired) electrons. The lowest BCUT2D eigenvalue weighted by Gasteiger charge is -2.41. The maximum absolute atomic E-state index is 6.36. The van der Waals surface area contributed by atoms with Crippen LogP contribution in [0.4, 0.5) is 0 Å². The van der Waals surface area contributed by atoms with Gasteiger partial charge in [-0.2, -0.15) is 0 Å². The normalized spacial score (nSPS) is 25.2. The third-order valence-corrected chi connectivity index (χ3v) is 4.56. The van der Waals surface area contributed by atoms with Gasteiger partial charge in [-0.1, -0.05) is 45.9 Å². The summed E-state index contributed by atoms with van der Waals surface area (Å²) in [5.74, 6) is 1.92. The molecule has 0 amide bonds. The van der Waals surface area contributed by atoms with Crippen molar-refractivity contribution in [3.8, 4) is 5.75 Å². The van der Waals surface area contributed by atoms with Gasteiger partial charge in [-0.05, 0) is 29.9 Å². The van der Waals surface area contributed by atoms with Crippen molar-refractivity contribution in [2.75, 3.05) is 6.61 Å². The van der Waals surface area contributed by atoms with E-state index in [9.17, 15) is 0 Å². The van der Waals surface area contributed by atoms with E-state index in [-0.39, 0.29) is 17.6 Å². The second-order valence-corrected chi connectivity index (χ2v) is 6.96. The number of alkyl halides is 1. The number of rotatable bonds is 6. The number of hydrogen-bond donors (Lipinski definition) is 0. The first-order valence-electron chi connectivity index (χ1n) is 8.00. The van der Waals surface area contributed by atoms with Gasteiger partial charge in [0.2, 0.25) is 0 Å². The van der Waals surface area contributed by atoms with Crippen LogP contribution in [0, 0.1) is 0 Å². The molecule has 2 nitrogen and oxygen atoms in total. The molecule has 3 unspecified atom stereocenters. The first-order chi connectivity index (χ1) is 9.95. The van der Waals surface area contributed by atoms with Crippen molar-refractivity contribution < 1.29 is 9.47 Å². The molecule has 0 heterocycles. The minimum absolute atomic E-state index is 0.0110. The zero-order chi connectivity index (χ0) is 15.6. The SMILES string of the molecule is CCOC1C(Cl)CC1Oc1c(C(C)C)cccc1C(C)C. The fraction of sp³-hybridized carbons (Fsp3) is 0.667. The molecular formula is C18H27ClO2. The van der Waals surface area contributed by atoms with E-state index in [2.05, 4.69) is 45.9 Å². The van der Waals surface area contributed by atoms with Gasteiger partial charge in [0.25, 0.3) is 0 Å². The summed E-state index contributed by atoms with van der Waals surface area (Å²) in [6.07, 6.45) is 0.942. The van der Waals surface area contributed by atoms with Crippen LogP contribution in [0.25, 0.3) is 0 Å². The molecule has 1 aromatic rings. The van der Waals surface area contributed by atoms with Crippen molar-refractivity contribution in [2.45, 2.75) is 70.5 Å². The summed E-state index contributed by atoms with van der Waals surface area (Å²) in [4.78, 5) is 0. The summed E-state index contributed by atoms with van der Waals surface area (Å²) in [5.41, 5.74) is 2.55. The van der Waals surface area contributed by atoms with E-state index in [1.165, 1.54) is 11.1 Å². The predicted molar refractivity (Wildman–Crippen MR) is 88.7 cm³/mol. The summed E-state index contributed by atoms with van der Waals surface area (Å²) < 4.78 is 12.1. The zero-order valence-electron chi connectivity index (χ0n) is 13.7. The van der Waals surface area contributed by atoms with Gasteiger partial charge in [0, 0.05) is 13.0 Å². The van der Waals surface area contributed by atoms with Crippen LogP contribution in [-0.4, -0.2) is 24.2 Å². The highest BCUT2D eigenvalue weighted by atomic mass is 35.5. The molecule has 0 saturated heterocycles. The Morgan fingerprint density at radius 2 is 1.71 bits per heavy atom. The van der Waals surface area contributed by atoms with E-state index in [0.29, 0.717) is 18.4 Å². The van der Waals surface area contributed by atoms with Crippen LogP contribution in [0.15, 0.2) is 18.2 Å². The van der Waals surface area contributed by atoms with Gasteiger partial charge < -0.3 is 9.47 Å². The highest BCUT2D eigenvalue weighted by Gasteiger charge is 2.43. The third kappa shape index (κ3) is 3.54. The molecule has 1 aliphatic carbocycles. The van der Waals surface area contributed by atoms with E-state index in [1.807, 2.05) is 6.92 Å². The standard InChI is InChI=1S/C18H27ClO2/c1-6-20-18-15(19)10-16(18)21-17-13(11(2)3)8-7-9-14(17)12(4)5/h7-9,11-12,15-16,18H,6,10H2,1-5H3. The Balaban J connectivity index is 2.26. The van der Waals surface area contributed by atoms with Gasteiger partial charge in [-0.25, -0.2) is 0 Å². The summed E-state index contributed by atoms with van der Waals surface area (Å²) in [7, 11) is 0. The van der Waals surface area contributed by atoms with Crippen molar-refractivity contribution in [3.05, 3.63) is 29.3 Å². The molecule has 0 aliphatic heterocycles. The van der Waals surface area contributed by atoms with Gasteiger partial charge >= 0.3 is 0 Å². The molecule has 1 saturated carbocycles. The molecule has 0 spiro atoms. The Labute approximate surface area is 133 Å². The predicted octanol–water partition coefficient (Wildman–Crippen LogP) is 5.10. The Morgan fingerprint density at radius 1 is 1.14 bits per heavy atom. The molecular weight excluding hydrogens is 284 g/mol. The first kappa shape index (κ1) is 16.6. The van der Waals surface area contributed by atoms with Crippen molar-refractivity contribution >= 4 is 11.6 Å². The molecule has 1 fully saturated rings. The lowest BCUT2D eigenvalue weighted by molar-refractivity contribution is -0.0766. The molecule has 2 rings (SSSR count). The molecule has 0 bridgehead atoms.